The summed E-state index contributed by atoms with van der Waals surface area (Å²) in [5, 5.41) is 3.67. The summed E-state index contributed by atoms with van der Waals surface area (Å²) in [5.74, 6) is 0. The third-order valence-corrected chi connectivity index (χ3v) is 3.96. The van der Waals surface area contributed by atoms with E-state index in [-0.39, 0.29) is 0 Å². The molecule has 0 radical (unpaired) electrons. The van der Waals surface area contributed by atoms with E-state index in [1.54, 1.807) is 0 Å². The van der Waals surface area contributed by atoms with Crippen molar-refractivity contribution in [3.63, 3.8) is 0 Å². The van der Waals surface area contributed by atoms with Gasteiger partial charge in [-0.25, -0.2) is 0 Å². The predicted octanol–water partition coefficient (Wildman–Crippen LogP) is 3.61. The van der Waals surface area contributed by atoms with Gasteiger partial charge in [0.1, 0.15) is 0 Å². The molecule has 1 aromatic rings. The van der Waals surface area contributed by atoms with E-state index < -0.39 is 0 Å². The van der Waals surface area contributed by atoms with Gasteiger partial charge in [0, 0.05) is 24.8 Å². The highest BCUT2D eigenvalue weighted by Gasteiger charge is 2.17. The number of benzene rings is 1. The van der Waals surface area contributed by atoms with Crippen LogP contribution in [0.5, 0.6) is 0 Å². The molecule has 1 heterocycles. The third kappa shape index (κ3) is 4.24. The molecule has 2 rings (SSSR count). The van der Waals surface area contributed by atoms with Crippen molar-refractivity contribution in [3.05, 3.63) is 29.8 Å². The first-order valence-corrected chi connectivity index (χ1v) is 7.90. The second kappa shape index (κ2) is 7.54. The van der Waals surface area contributed by atoms with Gasteiger partial charge < -0.3 is 10.2 Å². The van der Waals surface area contributed by atoms with Crippen LogP contribution in [-0.4, -0.2) is 25.7 Å². The monoisotopic (exact) mass is 260 g/mol. The lowest BCUT2D eigenvalue weighted by Crippen LogP contribution is -2.37. The van der Waals surface area contributed by atoms with Crippen LogP contribution in [0.15, 0.2) is 24.3 Å². The molecule has 0 amide bonds. The Bertz CT molecular complexity index is 358. The first-order valence-electron chi connectivity index (χ1n) is 7.90. The molecule has 1 saturated heterocycles. The van der Waals surface area contributed by atoms with E-state index in [2.05, 4.69) is 48.3 Å². The standard InChI is InChI=1S/C17H28N2/c1-3-6-15-8-10-17(11-9-15)19-13-5-12-18-16(14-19)7-4-2/h8-11,16,18H,3-7,12-14H2,1-2H3. The van der Waals surface area contributed by atoms with Crippen LogP contribution in [0.2, 0.25) is 0 Å². The molecule has 1 aromatic carbocycles. The van der Waals surface area contributed by atoms with Crippen LogP contribution < -0.4 is 10.2 Å². The number of rotatable bonds is 5. The molecule has 2 nitrogen and oxygen atoms in total. The molecule has 1 aliphatic rings. The molecule has 1 atom stereocenters. The predicted molar refractivity (Wildman–Crippen MR) is 84.0 cm³/mol. The van der Waals surface area contributed by atoms with E-state index in [4.69, 9.17) is 0 Å². The first-order chi connectivity index (χ1) is 9.33. The number of aryl methyl sites for hydroxylation is 1. The quantitative estimate of drug-likeness (QED) is 0.870. The van der Waals surface area contributed by atoms with Crippen molar-refractivity contribution < 1.29 is 0 Å². The summed E-state index contributed by atoms with van der Waals surface area (Å²) in [6, 6.07) is 9.86. The van der Waals surface area contributed by atoms with Gasteiger partial charge in [-0.1, -0.05) is 38.8 Å². The maximum Gasteiger partial charge on any atom is 0.0366 e. The van der Waals surface area contributed by atoms with Gasteiger partial charge in [0.2, 0.25) is 0 Å². The zero-order valence-electron chi connectivity index (χ0n) is 12.5. The van der Waals surface area contributed by atoms with E-state index >= 15 is 0 Å². The van der Waals surface area contributed by atoms with Gasteiger partial charge in [-0.3, -0.25) is 0 Å². The summed E-state index contributed by atoms with van der Waals surface area (Å²) in [5.41, 5.74) is 2.86. The Kier molecular flexibility index (Phi) is 5.71. The fourth-order valence-corrected chi connectivity index (χ4v) is 2.94. The molecule has 0 spiro atoms. The number of hydrogen-bond acceptors (Lipinski definition) is 2. The summed E-state index contributed by atoms with van der Waals surface area (Å²) in [6.45, 7) is 8.01. The molecule has 0 aromatic heterocycles. The number of nitrogens with one attached hydrogen (secondary N) is 1. The molecule has 19 heavy (non-hydrogen) atoms. The van der Waals surface area contributed by atoms with Gasteiger partial charge in [-0.15, -0.1) is 0 Å². The fraction of sp³-hybridized carbons (Fsp3) is 0.647. The number of hydrogen-bond donors (Lipinski definition) is 1. The van der Waals surface area contributed by atoms with Crippen molar-refractivity contribution in [2.45, 2.75) is 52.0 Å². The maximum absolute atomic E-state index is 3.67. The third-order valence-electron chi connectivity index (χ3n) is 3.96. The molecule has 0 aliphatic carbocycles. The van der Waals surface area contributed by atoms with Gasteiger partial charge >= 0.3 is 0 Å². The van der Waals surface area contributed by atoms with Crippen LogP contribution in [0, 0.1) is 0 Å². The second-order valence-electron chi connectivity index (χ2n) is 5.66. The summed E-state index contributed by atoms with van der Waals surface area (Å²) in [6.07, 6.45) is 6.22. The van der Waals surface area contributed by atoms with Crippen molar-refractivity contribution in [3.8, 4) is 0 Å². The Morgan fingerprint density at radius 2 is 1.95 bits per heavy atom. The normalized spacial score (nSPS) is 20.3. The van der Waals surface area contributed by atoms with Gasteiger partial charge in [-0.05, 0) is 43.5 Å². The Hall–Kier alpha value is -1.02. The average Bonchev–Trinajstić information content (AvgIpc) is 2.66. The van der Waals surface area contributed by atoms with E-state index in [0.717, 1.165) is 13.1 Å². The summed E-state index contributed by atoms with van der Waals surface area (Å²) in [7, 11) is 0. The highest BCUT2D eigenvalue weighted by Crippen LogP contribution is 2.19. The molecule has 2 heteroatoms. The Balaban J connectivity index is 2.01. The molecule has 1 unspecified atom stereocenters. The van der Waals surface area contributed by atoms with Crippen LogP contribution in [-0.2, 0) is 6.42 Å². The van der Waals surface area contributed by atoms with Crippen LogP contribution in [0.25, 0.3) is 0 Å². The number of nitrogens with zero attached hydrogens (tertiary/aromatic N) is 1. The van der Waals surface area contributed by atoms with E-state index in [1.165, 1.54) is 49.9 Å². The molecule has 0 saturated carbocycles. The van der Waals surface area contributed by atoms with E-state index in [9.17, 15) is 0 Å². The lowest BCUT2D eigenvalue weighted by molar-refractivity contribution is 0.502. The summed E-state index contributed by atoms with van der Waals surface area (Å²) in [4.78, 5) is 2.55. The van der Waals surface area contributed by atoms with Crippen molar-refractivity contribution in [1.29, 1.82) is 0 Å². The summed E-state index contributed by atoms with van der Waals surface area (Å²) < 4.78 is 0. The van der Waals surface area contributed by atoms with Gasteiger partial charge in [0.25, 0.3) is 0 Å². The van der Waals surface area contributed by atoms with Crippen LogP contribution in [0.3, 0.4) is 0 Å². The minimum atomic E-state index is 0.655. The Morgan fingerprint density at radius 3 is 2.63 bits per heavy atom. The van der Waals surface area contributed by atoms with E-state index in [1.807, 2.05) is 0 Å². The zero-order valence-corrected chi connectivity index (χ0v) is 12.5. The topological polar surface area (TPSA) is 15.3 Å². The highest BCUT2D eigenvalue weighted by atomic mass is 15.2. The maximum atomic E-state index is 3.67. The lowest BCUT2D eigenvalue weighted by atomic mass is 10.1. The molecular formula is C17H28N2. The lowest BCUT2D eigenvalue weighted by Gasteiger charge is -2.26. The average molecular weight is 260 g/mol. The molecule has 1 N–H and O–H groups in total. The van der Waals surface area contributed by atoms with Crippen LogP contribution in [0.1, 0.15) is 45.1 Å². The Labute approximate surface area is 118 Å². The van der Waals surface area contributed by atoms with Crippen LogP contribution >= 0.6 is 0 Å². The molecule has 1 fully saturated rings. The molecule has 0 bridgehead atoms. The van der Waals surface area contributed by atoms with Crippen molar-refractivity contribution in [2.24, 2.45) is 0 Å². The number of anilines is 1. The minimum Gasteiger partial charge on any atom is -0.370 e. The largest absolute Gasteiger partial charge is 0.370 e. The van der Waals surface area contributed by atoms with Crippen molar-refractivity contribution >= 4 is 5.69 Å². The van der Waals surface area contributed by atoms with Crippen molar-refractivity contribution in [2.75, 3.05) is 24.5 Å². The first kappa shape index (κ1) is 14.4. The fourth-order valence-electron chi connectivity index (χ4n) is 2.94. The minimum absolute atomic E-state index is 0.655. The molecular weight excluding hydrogens is 232 g/mol. The van der Waals surface area contributed by atoms with E-state index in [0.29, 0.717) is 6.04 Å². The molecule has 106 valence electrons. The van der Waals surface area contributed by atoms with Gasteiger partial charge in [0.05, 0.1) is 0 Å². The van der Waals surface area contributed by atoms with Gasteiger partial charge in [0.15, 0.2) is 0 Å². The van der Waals surface area contributed by atoms with Crippen LogP contribution in [0.4, 0.5) is 5.69 Å². The van der Waals surface area contributed by atoms with Crippen molar-refractivity contribution in [1.82, 2.24) is 5.32 Å². The SMILES string of the molecule is CCCc1ccc(N2CCCNC(CCC)C2)cc1. The summed E-state index contributed by atoms with van der Waals surface area (Å²) >= 11 is 0. The second-order valence-corrected chi connectivity index (χ2v) is 5.66. The Morgan fingerprint density at radius 1 is 1.16 bits per heavy atom. The van der Waals surface area contributed by atoms with Gasteiger partial charge in [-0.2, -0.15) is 0 Å². The smallest absolute Gasteiger partial charge is 0.0366 e. The highest BCUT2D eigenvalue weighted by molar-refractivity contribution is 5.48. The zero-order chi connectivity index (χ0) is 13.5. The molecule has 1 aliphatic heterocycles.